The fourth-order valence-corrected chi connectivity index (χ4v) is 3.98. The Hall–Kier alpha value is -1.66. The zero-order valence-electron chi connectivity index (χ0n) is 13.9. The Morgan fingerprint density at radius 1 is 1.30 bits per heavy atom. The van der Waals surface area contributed by atoms with E-state index in [2.05, 4.69) is 20.3 Å². The van der Waals surface area contributed by atoms with Gasteiger partial charge in [-0.05, 0) is 45.1 Å². The maximum absolute atomic E-state index is 6.21. The number of ether oxygens (including phenoxy) is 1. The highest BCUT2D eigenvalue weighted by Crippen LogP contribution is 2.40. The molecule has 1 spiro atoms. The standard InChI is InChI=1S/C17H24N4O2/c1-12-15(13(2)23-20-12)3-7-21-8-5-17(6-9-21)16-14(4-10-22-17)11-18-19-16/h11H,3-10H2,1-2H3,(H,18,19). The maximum Gasteiger partial charge on any atom is 0.137 e. The SMILES string of the molecule is Cc1noc(C)c1CCN1CCC2(CC1)OCCc1cn[nH]c12. The van der Waals surface area contributed by atoms with Crippen LogP contribution in [0.5, 0.6) is 0 Å². The Morgan fingerprint density at radius 3 is 2.87 bits per heavy atom. The van der Waals surface area contributed by atoms with Crippen LogP contribution in [0.15, 0.2) is 10.7 Å². The van der Waals surface area contributed by atoms with E-state index in [-0.39, 0.29) is 5.60 Å². The number of hydrogen-bond donors (Lipinski definition) is 1. The molecule has 1 N–H and O–H groups in total. The van der Waals surface area contributed by atoms with Gasteiger partial charge in [0.1, 0.15) is 11.4 Å². The Labute approximate surface area is 136 Å². The van der Waals surface area contributed by atoms with Crippen molar-refractivity contribution in [2.75, 3.05) is 26.2 Å². The summed E-state index contributed by atoms with van der Waals surface area (Å²) in [5.41, 5.74) is 4.70. The number of nitrogens with one attached hydrogen (secondary N) is 1. The van der Waals surface area contributed by atoms with Crippen molar-refractivity contribution in [1.82, 2.24) is 20.3 Å². The Morgan fingerprint density at radius 2 is 2.13 bits per heavy atom. The molecule has 0 bridgehead atoms. The van der Waals surface area contributed by atoms with Gasteiger partial charge in [0, 0.05) is 25.2 Å². The predicted molar refractivity (Wildman–Crippen MR) is 85.3 cm³/mol. The van der Waals surface area contributed by atoms with Gasteiger partial charge in [-0.2, -0.15) is 5.10 Å². The molecule has 0 aromatic carbocycles. The first-order valence-electron chi connectivity index (χ1n) is 8.49. The van der Waals surface area contributed by atoms with E-state index < -0.39 is 0 Å². The smallest absolute Gasteiger partial charge is 0.137 e. The highest BCUT2D eigenvalue weighted by Gasteiger charge is 2.42. The van der Waals surface area contributed by atoms with E-state index in [0.29, 0.717) is 0 Å². The number of hydrogen-bond acceptors (Lipinski definition) is 5. The summed E-state index contributed by atoms with van der Waals surface area (Å²) in [5.74, 6) is 0.952. The van der Waals surface area contributed by atoms with Crippen molar-refractivity contribution in [3.63, 3.8) is 0 Å². The van der Waals surface area contributed by atoms with Gasteiger partial charge in [-0.3, -0.25) is 5.10 Å². The number of H-pyrrole nitrogens is 1. The molecule has 1 fully saturated rings. The summed E-state index contributed by atoms with van der Waals surface area (Å²) in [6.45, 7) is 7.99. The molecular formula is C17H24N4O2. The van der Waals surface area contributed by atoms with Gasteiger partial charge >= 0.3 is 0 Å². The minimum Gasteiger partial charge on any atom is -0.368 e. The van der Waals surface area contributed by atoms with Crippen molar-refractivity contribution in [2.24, 2.45) is 0 Å². The van der Waals surface area contributed by atoms with E-state index in [1.165, 1.54) is 16.8 Å². The van der Waals surface area contributed by atoms with Crippen LogP contribution < -0.4 is 0 Å². The molecule has 0 amide bonds. The monoisotopic (exact) mass is 316 g/mol. The number of aromatic nitrogens is 3. The van der Waals surface area contributed by atoms with Gasteiger partial charge in [-0.1, -0.05) is 5.16 Å². The third-order valence-electron chi connectivity index (χ3n) is 5.45. The van der Waals surface area contributed by atoms with Crippen molar-refractivity contribution in [3.05, 3.63) is 34.5 Å². The van der Waals surface area contributed by atoms with Gasteiger partial charge in [0.05, 0.1) is 24.2 Å². The van der Waals surface area contributed by atoms with Gasteiger partial charge in [0.15, 0.2) is 0 Å². The van der Waals surface area contributed by atoms with E-state index in [4.69, 9.17) is 9.26 Å². The van der Waals surface area contributed by atoms with Crippen LogP contribution in [0.2, 0.25) is 0 Å². The lowest BCUT2D eigenvalue weighted by Gasteiger charge is -2.43. The van der Waals surface area contributed by atoms with Gasteiger partial charge in [-0.25, -0.2) is 0 Å². The molecule has 4 rings (SSSR count). The average molecular weight is 316 g/mol. The molecule has 23 heavy (non-hydrogen) atoms. The summed E-state index contributed by atoms with van der Waals surface area (Å²) in [4.78, 5) is 2.52. The number of piperidine rings is 1. The summed E-state index contributed by atoms with van der Waals surface area (Å²) in [6.07, 6.45) is 6.00. The Kier molecular flexibility index (Phi) is 3.73. The highest BCUT2D eigenvalue weighted by molar-refractivity contribution is 5.27. The number of aryl methyl sites for hydroxylation is 2. The molecule has 2 aromatic heterocycles. The van der Waals surface area contributed by atoms with Crippen molar-refractivity contribution in [2.45, 2.75) is 45.1 Å². The number of rotatable bonds is 3. The molecule has 0 atom stereocenters. The summed E-state index contributed by atoms with van der Waals surface area (Å²) in [6, 6.07) is 0. The van der Waals surface area contributed by atoms with E-state index in [1.807, 2.05) is 20.0 Å². The van der Waals surface area contributed by atoms with E-state index >= 15 is 0 Å². The Balaban J connectivity index is 1.39. The zero-order chi connectivity index (χ0) is 15.9. The second-order valence-electron chi connectivity index (χ2n) is 6.76. The van der Waals surface area contributed by atoms with Gasteiger partial charge in [0.2, 0.25) is 0 Å². The van der Waals surface area contributed by atoms with Crippen LogP contribution in [0.4, 0.5) is 0 Å². The molecule has 0 unspecified atom stereocenters. The van der Waals surface area contributed by atoms with Crippen LogP contribution in [0.1, 0.15) is 41.1 Å². The zero-order valence-corrected chi connectivity index (χ0v) is 13.9. The third kappa shape index (κ3) is 2.60. The number of nitrogens with zero attached hydrogens (tertiary/aromatic N) is 3. The molecular weight excluding hydrogens is 292 g/mol. The number of likely N-dealkylation sites (tertiary alicyclic amines) is 1. The number of aromatic amines is 1. The molecule has 4 heterocycles. The lowest BCUT2D eigenvalue weighted by Crippen LogP contribution is -2.47. The molecule has 2 aliphatic heterocycles. The first-order chi connectivity index (χ1) is 11.2. The van der Waals surface area contributed by atoms with Gasteiger partial charge in [-0.15, -0.1) is 0 Å². The molecule has 2 aliphatic rings. The second-order valence-corrected chi connectivity index (χ2v) is 6.76. The molecule has 0 radical (unpaired) electrons. The van der Waals surface area contributed by atoms with E-state index in [1.54, 1.807) is 0 Å². The normalized spacial score (nSPS) is 20.8. The fourth-order valence-electron chi connectivity index (χ4n) is 3.98. The summed E-state index contributed by atoms with van der Waals surface area (Å²) < 4.78 is 11.5. The fraction of sp³-hybridized carbons (Fsp3) is 0.647. The van der Waals surface area contributed by atoms with Crippen molar-refractivity contribution in [3.8, 4) is 0 Å². The molecule has 6 heteroatoms. The second kappa shape index (κ2) is 5.76. The van der Waals surface area contributed by atoms with Crippen LogP contribution in [0.3, 0.4) is 0 Å². The lowest BCUT2D eigenvalue weighted by atomic mass is 9.83. The Bertz CT molecular complexity index is 663. The van der Waals surface area contributed by atoms with E-state index in [9.17, 15) is 0 Å². The quantitative estimate of drug-likeness (QED) is 0.939. The first kappa shape index (κ1) is 14.9. The summed E-state index contributed by atoms with van der Waals surface area (Å²) >= 11 is 0. The molecule has 0 saturated carbocycles. The van der Waals surface area contributed by atoms with E-state index in [0.717, 1.165) is 63.4 Å². The summed E-state index contributed by atoms with van der Waals surface area (Å²) in [5, 5.41) is 11.5. The largest absolute Gasteiger partial charge is 0.368 e. The van der Waals surface area contributed by atoms with Gasteiger partial charge < -0.3 is 14.2 Å². The highest BCUT2D eigenvalue weighted by atomic mass is 16.5. The predicted octanol–water partition coefficient (Wildman–Crippen LogP) is 2.12. The lowest BCUT2D eigenvalue weighted by molar-refractivity contribution is -0.100. The van der Waals surface area contributed by atoms with Crippen molar-refractivity contribution in [1.29, 1.82) is 0 Å². The average Bonchev–Trinajstić information content (AvgIpc) is 3.16. The maximum atomic E-state index is 6.21. The van der Waals surface area contributed by atoms with Crippen molar-refractivity contribution < 1.29 is 9.26 Å². The molecule has 6 nitrogen and oxygen atoms in total. The molecule has 0 aliphatic carbocycles. The molecule has 1 saturated heterocycles. The first-order valence-corrected chi connectivity index (χ1v) is 8.49. The van der Waals surface area contributed by atoms with Crippen LogP contribution in [-0.2, 0) is 23.2 Å². The minimum absolute atomic E-state index is 0.135. The van der Waals surface area contributed by atoms with Crippen molar-refractivity contribution >= 4 is 0 Å². The van der Waals surface area contributed by atoms with Crippen LogP contribution >= 0.6 is 0 Å². The van der Waals surface area contributed by atoms with Crippen LogP contribution in [-0.4, -0.2) is 46.5 Å². The topological polar surface area (TPSA) is 67.2 Å². The molecule has 124 valence electrons. The minimum atomic E-state index is -0.135. The third-order valence-corrected chi connectivity index (χ3v) is 5.45. The summed E-state index contributed by atoms with van der Waals surface area (Å²) in [7, 11) is 0. The number of fused-ring (bicyclic) bond motifs is 2. The van der Waals surface area contributed by atoms with Crippen LogP contribution in [0.25, 0.3) is 0 Å². The van der Waals surface area contributed by atoms with Crippen LogP contribution in [0, 0.1) is 13.8 Å². The van der Waals surface area contributed by atoms with Gasteiger partial charge in [0.25, 0.3) is 0 Å². The molecule has 2 aromatic rings.